The number of ether oxygens (including phenoxy) is 7. The molecule has 0 saturated carbocycles. The number of hydrogen-bond acceptors (Lipinski definition) is 17. The van der Waals surface area contributed by atoms with Crippen molar-refractivity contribution in [3.8, 4) is 11.5 Å². The number of nitrogens with one attached hydrogen (secondary N) is 2. The largest absolute Gasteiger partial charge is 0.491 e. The molecule has 386 valence electrons. The van der Waals surface area contributed by atoms with Crippen LogP contribution in [0.3, 0.4) is 0 Å². The molecule has 0 aliphatic carbocycles. The van der Waals surface area contributed by atoms with Gasteiger partial charge in [-0.1, -0.05) is 0 Å². The molecule has 0 unspecified atom stereocenters. The molecular formula is C45H60N10O12S4. The zero-order valence-electron chi connectivity index (χ0n) is 39.7. The van der Waals surface area contributed by atoms with Crippen LogP contribution in [-0.4, -0.2) is 145 Å². The third kappa shape index (κ3) is 12.8. The van der Waals surface area contributed by atoms with Gasteiger partial charge in [-0.3, -0.25) is 20.4 Å². The molecule has 4 aromatic rings. The number of amides is 4. The molecule has 0 aromatic carbocycles. The maximum Gasteiger partial charge on any atom is 0.356 e. The highest BCUT2D eigenvalue weighted by Crippen LogP contribution is 2.41. The Labute approximate surface area is 438 Å². The number of esters is 1. The smallest absolute Gasteiger partial charge is 0.356 e. The van der Waals surface area contributed by atoms with Gasteiger partial charge >= 0.3 is 24.0 Å². The number of aromatic nitrogens is 4. The Morgan fingerprint density at radius 3 is 1.52 bits per heavy atom. The van der Waals surface area contributed by atoms with E-state index in [0.717, 1.165) is 37.3 Å². The van der Waals surface area contributed by atoms with Crippen LogP contribution >= 0.6 is 54.0 Å². The van der Waals surface area contributed by atoms with E-state index in [1.165, 1.54) is 18.1 Å². The van der Waals surface area contributed by atoms with Gasteiger partial charge in [-0.15, -0.1) is 0 Å². The second kappa shape index (κ2) is 23.4. The van der Waals surface area contributed by atoms with Gasteiger partial charge in [0.15, 0.2) is 34.6 Å². The summed E-state index contributed by atoms with van der Waals surface area (Å²) in [6.07, 6.45) is 4.32. The van der Waals surface area contributed by atoms with E-state index >= 15 is 0 Å². The van der Waals surface area contributed by atoms with Crippen LogP contribution in [-0.2, 0) is 23.7 Å². The Morgan fingerprint density at radius 2 is 1.11 bits per heavy atom. The van der Waals surface area contributed by atoms with Gasteiger partial charge in [0.25, 0.3) is 0 Å². The summed E-state index contributed by atoms with van der Waals surface area (Å²) >= 11 is 0. The van der Waals surface area contributed by atoms with Crippen molar-refractivity contribution in [3.05, 3.63) is 72.3 Å². The average molecular weight is 1060 g/mol. The van der Waals surface area contributed by atoms with Crippen molar-refractivity contribution in [1.29, 1.82) is 0 Å². The number of carbonyl (C=O) groups is 4. The summed E-state index contributed by atoms with van der Waals surface area (Å²) in [4.78, 5) is 74.6. The zero-order valence-corrected chi connectivity index (χ0v) is 43.7. The number of carboxylic acids is 1. The van der Waals surface area contributed by atoms with Crippen molar-refractivity contribution < 1.29 is 57.4 Å². The van der Waals surface area contributed by atoms with E-state index in [4.69, 9.17) is 33.2 Å². The van der Waals surface area contributed by atoms with Crippen LogP contribution in [0.2, 0.25) is 0 Å². The number of pyridine rings is 4. The number of aromatic carboxylic acids is 1. The minimum absolute atomic E-state index is 0. The Balaban J connectivity index is 0.000000250. The lowest BCUT2D eigenvalue weighted by Crippen LogP contribution is -2.48. The third-order valence-corrected chi connectivity index (χ3v) is 11.9. The molecule has 0 radical (unpaired) electrons. The highest BCUT2D eigenvalue weighted by Gasteiger charge is 2.42. The topological polar surface area (TPSA) is 242 Å². The predicted molar refractivity (Wildman–Crippen MR) is 282 cm³/mol. The molecule has 4 bridgehead atoms. The van der Waals surface area contributed by atoms with Gasteiger partial charge in [0.05, 0.1) is 43.8 Å². The summed E-state index contributed by atoms with van der Waals surface area (Å²) in [6, 6.07) is 12.3. The standard InChI is InChI=1S/C23H27N5O6.C22H25N5O6.4H2S/c1-23(2)33-13-16(34-23)12-32-15-6-8-24-19(10-15)26-22(30)28-14-7-9-27(11-14)18-5-4-17(21(29)31-3)25-20(18)28;1-22(2)32-12-15(33-22)11-31-14-5-7-23-18(9-14)25-21(30)27-13-6-8-26(10-13)17-4-3-16(20(28)29)24-19(17)27;;;;/h4-6,8,10,14,16H,7,9,11-13H2,1-3H3,(H,24,26,30);3-5,7,9,13,15H,6,8,10-12H2,1-2H3,(H,28,29)(H,23,25,30);4*1H2/t14-,16-;13-,15-;;;;/m00..../s1. The molecule has 6 aliphatic heterocycles. The number of fused-ring (bicyclic) bond motifs is 8. The summed E-state index contributed by atoms with van der Waals surface area (Å²) < 4.78 is 39.0. The van der Waals surface area contributed by atoms with Gasteiger partial charge in [-0.25, -0.2) is 39.1 Å². The summed E-state index contributed by atoms with van der Waals surface area (Å²) in [7, 11) is 1.30. The van der Waals surface area contributed by atoms with Gasteiger partial charge in [-0.05, 0) is 76.9 Å². The van der Waals surface area contributed by atoms with Gasteiger partial charge in [0, 0.05) is 50.7 Å². The predicted octanol–water partition coefficient (Wildman–Crippen LogP) is 5.21. The lowest BCUT2D eigenvalue weighted by Gasteiger charge is -2.35. The quantitative estimate of drug-likeness (QED) is 0.173. The van der Waals surface area contributed by atoms with E-state index in [1.54, 1.807) is 59.8 Å². The summed E-state index contributed by atoms with van der Waals surface area (Å²) in [5.41, 5.74) is 1.60. The fourth-order valence-corrected chi connectivity index (χ4v) is 8.83. The first-order chi connectivity index (χ1) is 32.1. The van der Waals surface area contributed by atoms with Crippen molar-refractivity contribution in [2.75, 3.05) is 89.9 Å². The van der Waals surface area contributed by atoms with Crippen molar-refractivity contribution in [3.63, 3.8) is 0 Å². The number of rotatable bonds is 10. The van der Waals surface area contributed by atoms with Crippen LogP contribution in [0.1, 0.15) is 61.5 Å². The average Bonchev–Trinajstić information content (AvgIpc) is 4.10. The molecule has 4 fully saturated rings. The number of anilines is 6. The third-order valence-electron chi connectivity index (χ3n) is 11.9. The molecular weight excluding hydrogens is 1000 g/mol. The van der Waals surface area contributed by atoms with Gasteiger partial charge in [-0.2, -0.15) is 54.0 Å². The molecule has 4 aromatic heterocycles. The molecule has 4 saturated heterocycles. The van der Waals surface area contributed by atoms with E-state index in [0.29, 0.717) is 74.3 Å². The second-order valence-electron chi connectivity index (χ2n) is 17.5. The van der Waals surface area contributed by atoms with Crippen LogP contribution in [0, 0.1) is 0 Å². The minimum Gasteiger partial charge on any atom is -0.491 e. The maximum absolute atomic E-state index is 13.3. The first kappa shape index (κ1) is 56.4. The molecule has 6 aliphatic rings. The highest BCUT2D eigenvalue weighted by molar-refractivity contribution is 7.59. The number of nitrogens with zero attached hydrogens (tertiary/aromatic N) is 8. The summed E-state index contributed by atoms with van der Waals surface area (Å²) in [6.45, 7) is 11.9. The number of carboxylic acid groups (broad SMARTS) is 1. The van der Waals surface area contributed by atoms with E-state index < -0.39 is 29.5 Å². The van der Waals surface area contributed by atoms with Crippen LogP contribution in [0.4, 0.5) is 44.2 Å². The Bertz CT molecular complexity index is 2570. The van der Waals surface area contributed by atoms with E-state index in [1.807, 2.05) is 27.7 Å². The number of carbonyl (C=O) groups excluding carboxylic acids is 3. The van der Waals surface area contributed by atoms with E-state index in [2.05, 4.69) is 40.4 Å². The monoisotopic (exact) mass is 1060 g/mol. The molecule has 26 heteroatoms. The lowest BCUT2D eigenvalue weighted by atomic mass is 10.2. The molecule has 4 amide bonds. The molecule has 71 heavy (non-hydrogen) atoms. The van der Waals surface area contributed by atoms with Gasteiger partial charge < -0.3 is 48.1 Å². The van der Waals surface area contributed by atoms with Crippen molar-refractivity contribution in [1.82, 2.24) is 19.9 Å². The SMILES string of the molecule is CC1(C)OC[C@H](COc2ccnc(NC(=O)N3c4nc(C(=O)O)ccc4N4CC[C@H]3C4)c2)O1.COC(=O)c1ccc2c(n1)N(C(=O)Nc1cc(OC[C@H]3COC(C)(C)O3)ccn1)[C@H]1CCN2C1.S.S.S.S. The minimum atomic E-state index is -1.14. The lowest BCUT2D eigenvalue weighted by molar-refractivity contribution is -0.141. The Morgan fingerprint density at radius 1 is 0.676 bits per heavy atom. The molecule has 10 rings (SSSR count). The van der Waals surface area contributed by atoms with Gasteiger partial charge in [0.2, 0.25) is 0 Å². The summed E-state index contributed by atoms with van der Waals surface area (Å²) in [5.74, 6) is -0.414. The fraction of sp³-hybridized carbons (Fsp3) is 0.467. The molecule has 22 nitrogen and oxygen atoms in total. The Hall–Kier alpha value is -5.48. The van der Waals surface area contributed by atoms with Crippen molar-refractivity contribution in [2.24, 2.45) is 0 Å². The number of urea groups is 2. The maximum atomic E-state index is 13.3. The first-order valence-electron chi connectivity index (χ1n) is 22.0. The normalized spacial score (nSPS) is 21.3. The molecule has 0 spiro atoms. The zero-order chi connectivity index (χ0) is 47.0. The second-order valence-corrected chi connectivity index (χ2v) is 17.5. The van der Waals surface area contributed by atoms with Crippen LogP contribution in [0.5, 0.6) is 11.5 Å². The van der Waals surface area contributed by atoms with Crippen molar-refractivity contribution in [2.45, 2.75) is 76.4 Å². The number of hydrogen-bond donors (Lipinski definition) is 3. The van der Waals surface area contributed by atoms with Crippen LogP contribution in [0.25, 0.3) is 0 Å². The van der Waals surface area contributed by atoms with Crippen LogP contribution in [0.15, 0.2) is 60.9 Å². The van der Waals surface area contributed by atoms with E-state index in [-0.39, 0.29) is 95.7 Å². The molecule has 10 heterocycles. The van der Waals surface area contributed by atoms with Crippen molar-refractivity contribution >= 4 is 113 Å². The van der Waals surface area contributed by atoms with Crippen LogP contribution < -0.4 is 39.7 Å². The highest BCUT2D eigenvalue weighted by atomic mass is 32.1. The first-order valence-corrected chi connectivity index (χ1v) is 22.0. The molecule has 3 N–H and O–H groups in total. The Kier molecular flexibility index (Phi) is 18.6. The van der Waals surface area contributed by atoms with E-state index in [9.17, 15) is 24.3 Å². The number of methoxy groups -OCH3 is 1. The molecule has 4 atom stereocenters. The fourth-order valence-electron chi connectivity index (χ4n) is 8.83. The summed E-state index contributed by atoms with van der Waals surface area (Å²) in [5, 5.41) is 15.0. The van der Waals surface area contributed by atoms with Gasteiger partial charge in [0.1, 0.15) is 48.6 Å².